The summed E-state index contributed by atoms with van der Waals surface area (Å²) >= 11 is 0. The van der Waals surface area contributed by atoms with Gasteiger partial charge in [0.25, 0.3) is 0 Å². The summed E-state index contributed by atoms with van der Waals surface area (Å²) in [5.74, 6) is 0.330. The molecule has 0 spiro atoms. The Kier molecular flexibility index (Phi) is 7.62. The molecule has 1 heterocycles. The van der Waals surface area contributed by atoms with Gasteiger partial charge in [-0.2, -0.15) is 0 Å². The van der Waals surface area contributed by atoms with Crippen LogP contribution in [0.2, 0.25) is 0 Å². The Morgan fingerprint density at radius 2 is 1.78 bits per heavy atom. The van der Waals surface area contributed by atoms with Gasteiger partial charge in [0.2, 0.25) is 5.75 Å². The van der Waals surface area contributed by atoms with Crippen LogP contribution in [0.3, 0.4) is 0 Å². The highest BCUT2D eigenvalue weighted by atomic mass is 16.7. The molecule has 1 aromatic carbocycles. The first-order valence-electron chi connectivity index (χ1n) is 8.36. The van der Waals surface area contributed by atoms with Crippen LogP contribution in [-0.4, -0.2) is 94.9 Å². The predicted molar refractivity (Wildman–Crippen MR) is 90.6 cm³/mol. The zero-order valence-corrected chi connectivity index (χ0v) is 15.1. The highest BCUT2D eigenvalue weighted by molar-refractivity contribution is 5.53. The summed E-state index contributed by atoms with van der Waals surface area (Å²) in [6.07, 6.45) is -7.94. The molecule has 0 amide bonds. The molecular weight excluding hydrogens is 364 g/mol. The Balaban J connectivity index is 1.96. The third-order valence-corrected chi connectivity index (χ3v) is 4.29. The van der Waals surface area contributed by atoms with Crippen LogP contribution in [0.1, 0.15) is 5.56 Å². The van der Waals surface area contributed by atoms with Gasteiger partial charge in [0, 0.05) is 6.42 Å². The molecular formula is C17H26O10. The van der Waals surface area contributed by atoms with Crippen molar-refractivity contribution in [1.82, 2.24) is 0 Å². The van der Waals surface area contributed by atoms with Crippen molar-refractivity contribution in [1.29, 1.82) is 0 Å². The lowest BCUT2D eigenvalue weighted by Crippen LogP contribution is -2.59. The maximum absolute atomic E-state index is 10.2. The minimum atomic E-state index is -1.55. The topological polar surface area (TPSA) is 158 Å². The van der Waals surface area contributed by atoms with E-state index in [1.165, 1.54) is 20.3 Å². The number of hydrogen-bond acceptors (Lipinski definition) is 10. The van der Waals surface area contributed by atoms with Crippen LogP contribution in [0.4, 0.5) is 0 Å². The minimum absolute atomic E-state index is 0.0886. The Morgan fingerprint density at radius 3 is 2.37 bits per heavy atom. The third kappa shape index (κ3) is 4.99. The van der Waals surface area contributed by atoms with E-state index in [0.717, 1.165) is 0 Å². The maximum atomic E-state index is 10.2. The van der Waals surface area contributed by atoms with Crippen LogP contribution < -0.4 is 9.47 Å². The van der Waals surface area contributed by atoms with Crippen LogP contribution in [-0.2, 0) is 15.9 Å². The molecule has 6 N–H and O–H groups in total. The number of aliphatic hydroxyl groups is 5. The van der Waals surface area contributed by atoms with Crippen LogP contribution >= 0.6 is 0 Å². The van der Waals surface area contributed by atoms with E-state index in [4.69, 9.17) is 24.1 Å². The van der Waals surface area contributed by atoms with Gasteiger partial charge in [-0.05, 0) is 17.7 Å². The van der Waals surface area contributed by atoms with Crippen molar-refractivity contribution in [2.45, 2.75) is 43.2 Å². The molecule has 0 bridgehead atoms. The number of rotatable bonds is 8. The number of aromatic hydroxyl groups is 1. The smallest absolute Gasteiger partial charge is 0.203 e. The van der Waals surface area contributed by atoms with Crippen molar-refractivity contribution < 1.29 is 49.6 Å². The number of phenolic OH excluding ortho intramolecular Hbond substituents is 1. The van der Waals surface area contributed by atoms with Gasteiger partial charge < -0.3 is 49.6 Å². The molecule has 1 unspecified atom stereocenters. The van der Waals surface area contributed by atoms with Crippen LogP contribution in [0.25, 0.3) is 0 Å². The summed E-state index contributed by atoms with van der Waals surface area (Å²) in [4.78, 5) is 0. The van der Waals surface area contributed by atoms with Gasteiger partial charge in [0.05, 0.1) is 33.5 Å². The van der Waals surface area contributed by atoms with Crippen molar-refractivity contribution in [3.05, 3.63) is 17.7 Å². The fourth-order valence-corrected chi connectivity index (χ4v) is 2.86. The summed E-state index contributed by atoms with van der Waals surface area (Å²) in [5, 5.41) is 58.6. The molecule has 0 radical (unpaired) electrons. The maximum Gasteiger partial charge on any atom is 0.203 e. The van der Waals surface area contributed by atoms with Crippen LogP contribution in [0, 0.1) is 0 Å². The number of aliphatic hydroxyl groups excluding tert-OH is 5. The lowest BCUT2D eigenvalue weighted by molar-refractivity contribution is -0.304. The van der Waals surface area contributed by atoms with Crippen LogP contribution in [0.15, 0.2) is 12.1 Å². The number of phenols is 1. The van der Waals surface area contributed by atoms with E-state index in [9.17, 15) is 25.5 Å². The molecule has 2 rings (SSSR count). The Hall–Kier alpha value is -1.66. The lowest BCUT2D eigenvalue weighted by atomic mass is 9.99. The van der Waals surface area contributed by atoms with Crippen molar-refractivity contribution in [2.75, 3.05) is 27.4 Å². The number of methoxy groups -OCH3 is 2. The quantitative estimate of drug-likeness (QED) is 0.297. The van der Waals surface area contributed by atoms with Crippen molar-refractivity contribution in [3.63, 3.8) is 0 Å². The van der Waals surface area contributed by atoms with E-state index in [1.807, 2.05) is 0 Å². The first-order valence-corrected chi connectivity index (χ1v) is 8.36. The average molecular weight is 390 g/mol. The Bertz CT molecular complexity index is 608. The molecule has 1 aliphatic rings. The second kappa shape index (κ2) is 9.51. The van der Waals surface area contributed by atoms with E-state index in [2.05, 4.69) is 0 Å². The molecule has 10 heteroatoms. The predicted octanol–water partition coefficient (Wildman–Crippen LogP) is -1.87. The summed E-state index contributed by atoms with van der Waals surface area (Å²) in [6, 6.07) is 3.01. The zero-order chi connectivity index (χ0) is 20.1. The monoisotopic (exact) mass is 390 g/mol. The summed E-state index contributed by atoms with van der Waals surface area (Å²) in [6.45, 7) is -0.837. The SMILES string of the molecule is COc1cc(CC(O)CO[C@@H]2O[C@H](CO)[C@@H](O)[C@H](O)[C@H]2O)cc(O)c1OC. The molecule has 10 nitrogen and oxygen atoms in total. The lowest BCUT2D eigenvalue weighted by Gasteiger charge is -2.39. The van der Waals surface area contributed by atoms with Crippen molar-refractivity contribution in [2.24, 2.45) is 0 Å². The van der Waals surface area contributed by atoms with Gasteiger partial charge in [-0.3, -0.25) is 0 Å². The average Bonchev–Trinajstić information content (AvgIpc) is 2.65. The van der Waals surface area contributed by atoms with Gasteiger partial charge in [-0.15, -0.1) is 0 Å². The van der Waals surface area contributed by atoms with E-state index < -0.39 is 43.4 Å². The molecule has 1 aromatic rings. The highest BCUT2D eigenvalue weighted by Gasteiger charge is 2.44. The minimum Gasteiger partial charge on any atom is -0.504 e. The Morgan fingerprint density at radius 1 is 1.07 bits per heavy atom. The first-order chi connectivity index (χ1) is 12.8. The van der Waals surface area contributed by atoms with Gasteiger partial charge in [0.15, 0.2) is 17.8 Å². The zero-order valence-electron chi connectivity index (χ0n) is 15.1. The molecule has 1 fully saturated rings. The fourth-order valence-electron chi connectivity index (χ4n) is 2.86. The van der Waals surface area contributed by atoms with Gasteiger partial charge >= 0.3 is 0 Å². The fraction of sp³-hybridized carbons (Fsp3) is 0.647. The summed E-state index contributed by atoms with van der Waals surface area (Å²) < 4.78 is 20.6. The molecule has 0 saturated carbocycles. The molecule has 154 valence electrons. The van der Waals surface area contributed by atoms with E-state index in [0.29, 0.717) is 11.3 Å². The molecule has 0 aliphatic carbocycles. The van der Waals surface area contributed by atoms with E-state index >= 15 is 0 Å². The van der Waals surface area contributed by atoms with E-state index in [1.54, 1.807) is 6.07 Å². The molecule has 0 aromatic heterocycles. The normalized spacial score (nSPS) is 29.4. The summed E-state index contributed by atoms with van der Waals surface area (Å²) in [5.41, 5.74) is 0.551. The molecule has 1 aliphatic heterocycles. The van der Waals surface area contributed by atoms with Crippen molar-refractivity contribution in [3.8, 4) is 17.2 Å². The molecule has 6 atom stereocenters. The molecule has 1 saturated heterocycles. The van der Waals surface area contributed by atoms with Gasteiger partial charge in [0.1, 0.15) is 24.4 Å². The first kappa shape index (κ1) is 21.6. The Labute approximate surface area is 156 Å². The van der Waals surface area contributed by atoms with Gasteiger partial charge in [-0.1, -0.05) is 0 Å². The molecule has 27 heavy (non-hydrogen) atoms. The standard InChI is InChI=1S/C17H26O10/c1-24-11-5-8(4-10(20)16(11)25-2)3-9(19)7-26-17-15(23)14(22)13(21)12(6-18)27-17/h4-5,9,12-15,17-23H,3,6-7H2,1-2H3/t9?,12-,13-,14+,15-,17-/m1/s1. The highest BCUT2D eigenvalue weighted by Crippen LogP contribution is 2.37. The number of hydrogen-bond donors (Lipinski definition) is 6. The van der Waals surface area contributed by atoms with Crippen LogP contribution in [0.5, 0.6) is 17.2 Å². The second-order valence-electron chi connectivity index (χ2n) is 6.24. The third-order valence-electron chi connectivity index (χ3n) is 4.29. The van der Waals surface area contributed by atoms with Gasteiger partial charge in [-0.25, -0.2) is 0 Å². The van der Waals surface area contributed by atoms with Crippen molar-refractivity contribution >= 4 is 0 Å². The second-order valence-corrected chi connectivity index (χ2v) is 6.24. The largest absolute Gasteiger partial charge is 0.504 e. The number of ether oxygens (including phenoxy) is 4. The number of benzene rings is 1. The summed E-state index contributed by atoms with van der Waals surface area (Å²) in [7, 11) is 2.81. The van der Waals surface area contributed by atoms with E-state index in [-0.39, 0.29) is 24.5 Å².